The number of aryl methyl sites for hydroxylation is 1. The molecule has 2 amide bonds. The van der Waals surface area contributed by atoms with Gasteiger partial charge in [0.25, 0.3) is 0 Å². The van der Waals surface area contributed by atoms with Crippen LogP contribution in [-0.2, 0) is 11.8 Å². The van der Waals surface area contributed by atoms with Crippen molar-refractivity contribution in [3.63, 3.8) is 0 Å². The number of carboxylic acid groups (broad SMARTS) is 1. The van der Waals surface area contributed by atoms with Gasteiger partial charge in [0.05, 0.1) is 24.5 Å². The molecule has 1 fully saturated rings. The summed E-state index contributed by atoms with van der Waals surface area (Å²) < 4.78 is 53.5. The molecule has 2 atom stereocenters. The van der Waals surface area contributed by atoms with E-state index in [2.05, 4.69) is 5.10 Å². The van der Waals surface area contributed by atoms with Crippen molar-refractivity contribution in [3.05, 3.63) is 12.4 Å². The van der Waals surface area contributed by atoms with E-state index < -0.39 is 43.5 Å². The van der Waals surface area contributed by atoms with Gasteiger partial charge in [-0.15, -0.1) is 0 Å². The molecule has 0 spiro atoms. The quantitative estimate of drug-likeness (QED) is 0.827. The SMILES string of the molecule is Cn1cc(N(C(=O)C(F)(F)F)[C@@H]2C[C@H](F)CN(C(=O)O)C2)cn1. The summed E-state index contributed by atoms with van der Waals surface area (Å²) >= 11 is 0. The van der Waals surface area contributed by atoms with E-state index in [0.29, 0.717) is 9.80 Å². The molecule has 128 valence electrons. The second-order valence-corrected chi connectivity index (χ2v) is 5.22. The lowest BCUT2D eigenvalue weighted by Gasteiger charge is -2.39. The Morgan fingerprint density at radius 2 is 2.04 bits per heavy atom. The first kappa shape index (κ1) is 17.0. The van der Waals surface area contributed by atoms with Gasteiger partial charge in [-0.1, -0.05) is 0 Å². The van der Waals surface area contributed by atoms with Gasteiger partial charge >= 0.3 is 18.2 Å². The van der Waals surface area contributed by atoms with E-state index in [1.54, 1.807) is 0 Å². The minimum absolute atomic E-state index is 0.167. The fourth-order valence-electron chi connectivity index (χ4n) is 2.52. The molecule has 2 heterocycles. The fraction of sp³-hybridized carbons (Fsp3) is 0.583. The molecule has 1 N–H and O–H groups in total. The van der Waals surface area contributed by atoms with Gasteiger partial charge < -0.3 is 10.0 Å². The van der Waals surface area contributed by atoms with E-state index in [1.165, 1.54) is 17.9 Å². The Morgan fingerprint density at radius 3 is 2.52 bits per heavy atom. The van der Waals surface area contributed by atoms with Crippen molar-refractivity contribution < 1.29 is 32.3 Å². The average Bonchev–Trinajstić information content (AvgIpc) is 2.83. The summed E-state index contributed by atoms with van der Waals surface area (Å²) in [5.41, 5.74) is -0.167. The van der Waals surface area contributed by atoms with Crippen LogP contribution in [0.5, 0.6) is 0 Å². The van der Waals surface area contributed by atoms with Gasteiger partial charge in [-0.3, -0.25) is 14.4 Å². The number of carbonyl (C=O) groups excluding carboxylic acids is 1. The van der Waals surface area contributed by atoms with Crippen LogP contribution in [0.1, 0.15) is 6.42 Å². The molecule has 0 bridgehead atoms. The van der Waals surface area contributed by atoms with E-state index in [-0.39, 0.29) is 12.1 Å². The first-order chi connectivity index (χ1) is 10.6. The van der Waals surface area contributed by atoms with Crippen molar-refractivity contribution in [2.75, 3.05) is 18.0 Å². The molecule has 0 saturated carbocycles. The van der Waals surface area contributed by atoms with Crippen molar-refractivity contribution in [2.45, 2.75) is 24.8 Å². The number of nitrogens with zero attached hydrogens (tertiary/aromatic N) is 4. The van der Waals surface area contributed by atoms with Crippen LogP contribution < -0.4 is 4.90 Å². The standard InChI is InChI=1S/C12H14F4N4O3/c1-18-5-9(3-17-18)20(10(21)12(14,15)16)8-2-7(13)4-19(6-8)11(22)23/h3,5,7-8H,2,4,6H2,1H3,(H,22,23)/t7-,8+/m0/s1. The number of amides is 2. The fourth-order valence-corrected chi connectivity index (χ4v) is 2.52. The third-order valence-electron chi connectivity index (χ3n) is 3.44. The number of carbonyl (C=O) groups is 2. The first-order valence-electron chi connectivity index (χ1n) is 6.60. The van der Waals surface area contributed by atoms with Crippen LogP contribution in [0, 0.1) is 0 Å². The van der Waals surface area contributed by atoms with Gasteiger partial charge in [-0.2, -0.15) is 18.3 Å². The van der Waals surface area contributed by atoms with E-state index >= 15 is 0 Å². The first-order valence-corrected chi connectivity index (χ1v) is 6.60. The number of hydrogen-bond donors (Lipinski definition) is 1. The topological polar surface area (TPSA) is 78.7 Å². The summed E-state index contributed by atoms with van der Waals surface area (Å²) in [7, 11) is 1.45. The summed E-state index contributed by atoms with van der Waals surface area (Å²) in [6.45, 7) is -0.848. The van der Waals surface area contributed by atoms with Gasteiger partial charge in [0, 0.05) is 26.2 Å². The average molecular weight is 338 g/mol. The van der Waals surface area contributed by atoms with Gasteiger partial charge in [-0.25, -0.2) is 9.18 Å². The largest absolute Gasteiger partial charge is 0.471 e. The Bertz CT molecular complexity index is 603. The van der Waals surface area contributed by atoms with Crippen LogP contribution in [0.2, 0.25) is 0 Å². The van der Waals surface area contributed by atoms with Crippen molar-refractivity contribution in [1.29, 1.82) is 0 Å². The van der Waals surface area contributed by atoms with Gasteiger partial charge in [0.2, 0.25) is 0 Å². The predicted molar refractivity (Wildman–Crippen MR) is 69.6 cm³/mol. The minimum Gasteiger partial charge on any atom is -0.465 e. The molecule has 0 radical (unpaired) electrons. The van der Waals surface area contributed by atoms with E-state index in [0.717, 1.165) is 6.20 Å². The van der Waals surface area contributed by atoms with Crippen LogP contribution in [0.3, 0.4) is 0 Å². The third-order valence-corrected chi connectivity index (χ3v) is 3.44. The molecule has 7 nitrogen and oxygen atoms in total. The molecule has 1 aliphatic rings. The zero-order valence-corrected chi connectivity index (χ0v) is 12.0. The molecule has 1 aromatic rings. The van der Waals surface area contributed by atoms with Crippen molar-refractivity contribution >= 4 is 17.7 Å². The maximum absolute atomic E-state index is 13.7. The van der Waals surface area contributed by atoms with Crippen LogP contribution in [-0.4, -0.2) is 63.3 Å². The monoisotopic (exact) mass is 338 g/mol. The number of likely N-dealkylation sites (tertiary alicyclic amines) is 1. The molecular formula is C12H14F4N4O3. The smallest absolute Gasteiger partial charge is 0.465 e. The Hall–Kier alpha value is -2.33. The summed E-state index contributed by atoms with van der Waals surface area (Å²) in [4.78, 5) is 23.8. The number of hydrogen-bond acceptors (Lipinski definition) is 3. The normalized spacial score (nSPS) is 22.0. The highest BCUT2D eigenvalue weighted by atomic mass is 19.4. The highest BCUT2D eigenvalue weighted by molar-refractivity contribution is 5.97. The minimum atomic E-state index is -5.17. The van der Waals surface area contributed by atoms with Crippen LogP contribution in [0.15, 0.2) is 12.4 Å². The molecule has 2 rings (SSSR count). The van der Waals surface area contributed by atoms with E-state index in [4.69, 9.17) is 5.11 Å². The number of piperidine rings is 1. The highest BCUT2D eigenvalue weighted by Gasteiger charge is 2.47. The van der Waals surface area contributed by atoms with Crippen LogP contribution >= 0.6 is 0 Å². The van der Waals surface area contributed by atoms with Crippen molar-refractivity contribution in [2.24, 2.45) is 7.05 Å². The zero-order valence-electron chi connectivity index (χ0n) is 12.0. The maximum atomic E-state index is 13.7. The summed E-state index contributed by atoms with van der Waals surface area (Å²) in [5, 5.41) is 12.6. The van der Waals surface area contributed by atoms with Crippen molar-refractivity contribution in [1.82, 2.24) is 14.7 Å². The number of halogens is 4. The lowest BCUT2D eigenvalue weighted by atomic mass is 10.0. The number of aromatic nitrogens is 2. The summed E-state index contributed by atoms with van der Waals surface area (Å²) in [6, 6.07) is -1.27. The lowest BCUT2D eigenvalue weighted by molar-refractivity contribution is -0.171. The molecule has 0 aromatic carbocycles. The summed E-state index contributed by atoms with van der Waals surface area (Å²) in [6.07, 6.45) is -6.46. The molecule has 23 heavy (non-hydrogen) atoms. The molecular weight excluding hydrogens is 324 g/mol. The molecule has 1 aromatic heterocycles. The predicted octanol–water partition coefficient (Wildman–Crippen LogP) is 1.41. The molecule has 0 unspecified atom stereocenters. The molecule has 1 saturated heterocycles. The van der Waals surface area contributed by atoms with Crippen molar-refractivity contribution in [3.8, 4) is 0 Å². The second-order valence-electron chi connectivity index (χ2n) is 5.22. The maximum Gasteiger partial charge on any atom is 0.471 e. The van der Waals surface area contributed by atoms with Crippen LogP contribution in [0.25, 0.3) is 0 Å². The zero-order chi connectivity index (χ0) is 17.4. The molecule has 11 heteroatoms. The molecule has 0 aliphatic carbocycles. The van der Waals surface area contributed by atoms with Gasteiger partial charge in [-0.05, 0) is 0 Å². The van der Waals surface area contributed by atoms with E-state index in [9.17, 15) is 27.2 Å². The van der Waals surface area contributed by atoms with E-state index in [1.807, 2.05) is 0 Å². The molecule has 1 aliphatic heterocycles. The number of anilines is 1. The summed E-state index contributed by atoms with van der Waals surface area (Å²) in [5.74, 6) is -2.19. The number of alkyl halides is 4. The van der Waals surface area contributed by atoms with Crippen LogP contribution in [0.4, 0.5) is 28.0 Å². The Morgan fingerprint density at radius 1 is 1.39 bits per heavy atom. The van der Waals surface area contributed by atoms with Gasteiger partial charge in [0.1, 0.15) is 6.17 Å². The lowest BCUT2D eigenvalue weighted by Crippen LogP contribution is -2.57. The Balaban J connectivity index is 2.36. The van der Waals surface area contributed by atoms with Gasteiger partial charge in [0.15, 0.2) is 0 Å². The Kier molecular flexibility index (Phi) is 4.48. The second kappa shape index (κ2) is 6.05. The highest BCUT2D eigenvalue weighted by Crippen LogP contribution is 2.29. The third kappa shape index (κ3) is 3.71. The number of rotatable bonds is 2. The Labute approximate surface area is 128 Å².